The predicted molar refractivity (Wildman–Crippen MR) is 238 cm³/mol. The van der Waals surface area contributed by atoms with Crippen molar-refractivity contribution >= 4 is 62.0 Å². The second kappa shape index (κ2) is 15.3. The van der Waals surface area contributed by atoms with Gasteiger partial charge in [0.25, 0.3) is 0 Å². The van der Waals surface area contributed by atoms with Crippen LogP contribution in [-0.2, 0) is 24.7 Å². The van der Waals surface area contributed by atoms with Gasteiger partial charge in [0.05, 0.1) is 0 Å². The molecule has 0 aliphatic heterocycles. The molecule has 5 heteroatoms. The number of benzene rings is 6. The van der Waals surface area contributed by atoms with Gasteiger partial charge >= 0.3 is 322 Å². The van der Waals surface area contributed by atoms with Gasteiger partial charge in [-0.1, -0.05) is 0 Å². The minimum atomic E-state index is -5.38. The van der Waals surface area contributed by atoms with Gasteiger partial charge in [-0.3, -0.25) is 0 Å². The number of rotatable bonds is 7. The molecule has 54 heavy (non-hydrogen) atoms. The van der Waals surface area contributed by atoms with E-state index in [1.807, 2.05) is 12.1 Å². The molecule has 274 valence electrons. The molecule has 8 rings (SSSR count). The molecule has 6 aromatic rings. The van der Waals surface area contributed by atoms with Crippen molar-refractivity contribution in [2.24, 2.45) is 11.3 Å². The predicted octanol–water partition coefficient (Wildman–Crippen LogP) is 13.0. The summed E-state index contributed by atoms with van der Waals surface area (Å²) in [7, 11) is 0. The summed E-state index contributed by atoms with van der Waals surface area (Å²) in [6.45, 7) is 9.30. The molecule has 0 nitrogen and oxygen atoms in total. The molecule has 0 aromatic heterocycles. The van der Waals surface area contributed by atoms with E-state index < -0.39 is 18.3 Å². The van der Waals surface area contributed by atoms with Crippen LogP contribution >= 0.6 is 48.0 Å². The molecule has 1 atom stereocenters. The molecule has 2 aliphatic carbocycles. The van der Waals surface area contributed by atoms with Gasteiger partial charge in [-0.15, -0.1) is 24.8 Å². The van der Waals surface area contributed by atoms with E-state index in [1.165, 1.54) is 63.2 Å². The van der Waals surface area contributed by atoms with Crippen LogP contribution in [-0.4, -0.2) is 4.21 Å². The molecule has 0 amide bonds. The van der Waals surface area contributed by atoms with Gasteiger partial charge in [-0.05, 0) is 0 Å². The molecule has 0 fully saturated rings. The molecule has 0 saturated carbocycles. The van der Waals surface area contributed by atoms with Gasteiger partial charge in [0, 0.05) is 0 Å². The summed E-state index contributed by atoms with van der Waals surface area (Å²) in [5.74, 6) is 0.211. The van der Waals surface area contributed by atoms with Gasteiger partial charge in [0.15, 0.2) is 0 Å². The Morgan fingerprint density at radius 1 is 0.630 bits per heavy atom. The Morgan fingerprint density at radius 2 is 1.19 bits per heavy atom. The molecule has 6 aromatic carbocycles. The molecule has 1 unspecified atom stereocenters. The third-order valence-corrected chi connectivity index (χ3v) is 28.6. The summed E-state index contributed by atoms with van der Waals surface area (Å²) in [5, 5.41) is 1.45. The number of allylic oxidation sites excluding steroid dienone is 4. The van der Waals surface area contributed by atoms with Gasteiger partial charge in [-0.25, -0.2) is 0 Å². The van der Waals surface area contributed by atoms with E-state index in [-0.39, 0.29) is 36.1 Å². The molecular formula is C49H46Cl4Zr. The first-order chi connectivity index (χ1) is 25.0. The van der Waals surface area contributed by atoms with Crippen LogP contribution < -0.4 is 9.81 Å². The molecule has 0 heterocycles. The number of hydrogen-bond donors (Lipinski definition) is 0. The molecule has 0 saturated heterocycles. The van der Waals surface area contributed by atoms with Crippen LogP contribution in [0, 0.1) is 11.3 Å². The van der Waals surface area contributed by atoms with Crippen molar-refractivity contribution < 1.29 is 18.3 Å². The third-order valence-electron chi connectivity index (χ3n) is 11.8. The first-order valence-electron chi connectivity index (χ1n) is 18.4. The Balaban J connectivity index is 0.00000249. The van der Waals surface area contributed by atoms with Crippen molar-refractivity contribution in [2.75, 3.05) is 0 Å². The van der Waals surface area contributed by atoms with Crippen LogP contribution in [0.15, 0.2) is 161 Å². The van der Waals surface area contributed by atoms with Gasteiger partial charge < -0.3 is 0 Å². The van der Waals surface area contributed by atoms with Crippen molar-refractivity contribution in [1.82, 2.24) is 0 Å². The van der Waals surface area contributed by atoms with Gasteiger partial charge in [-0.2, -0.15) is 0 Å². The average Bonchev–Trinajstić information content (AvgIpc) is 3.78. The van der Waals surface area contributed by atoms with Crippen molar-refractivity contribution in [2.45, 2.75) is 40.5 Å². The number of fused-ring (bicyclic) bond motifs is 3. The van der Waals surface area contributed by atoms with Crippen molar-refractivity contribution in [1.29, 1.82) is 0 Å². The fourth-order valence-corrected chi connectivity index (χ4v) is 27.3. The summed E-state index contributed by atoms with van der Waals surface area (Å²) >= 11 is 8.76. The Bertz CT molecular complexity index is 2440. The van der Waals surface area contributed by atoms with E-state index >= 15 is 0 Å². The second-order valence-electron chi connectivity index (χ2n) is 15.8. The van der Waals surface area contributed by atoms with Crippen molar-refractivity contribution in [3.8, 4) is 33.4 Å². The maximum atomic E-state index is 7.07. The van der Waals surface area contributed by atoms with Crippen LogP contribution in [0.4, 0.5) is 0 Å². The molecule has 0 bridgehead atoms. The molecule has 0 N–H and O–H groups in total. The Labute approximate surface area is 344 Å². The van der Waals surface area contributed by atoms with E-state index in [4.69, 9.17) is 27.4 Å². The third kappa shape index (κ3) is 6.49. The van der Waals surface area contributed by atoms with Crippen molar-refractivity contribution in [3.63, 3.8) is 0 Å². The summed E-state index contributed by atoms with van der Waals surface area (Å²) < 4.78 is 11.2. The average molecular weight is 868 g/mol. The molecular weight excluding hydrogens is 822 g/mol. The topological polar surface area (TPSA) is 0 Å². The summed E-state index contributed by atoms with van der Waals surface area (Å²) in [6, 6.07) is 50.8. The monoisotopic (exact) mass is 864 g/mol. The number of hydrogen-bond acceptors (Lipinski definition) is 0. The van der Waals surface area contributed by atoms with Crippen LogP contribution in [0.1, 0.15) is 45.2 Å². The maximum absolute atomic E-state index is 7.07. The number of halogens is 4. The van der Waals surface area contributed by atoms with Crippen LogP contribution in [0.2, 0.25) is 10.0 Å². The molecule has 2 aliphatic rings. The van der Waals surface area contributed by atoms with E-state index in [9.17, 15) is 0 Å². The molecule has 0 spiro atoms. The van der Waals surface area contributed by atoms with Crippen LogP contribution in [0.3, 0.4) is 0 Å². The fraction of sp³-hybridized carbons (Fsp3) is 0.163. The first-order valence-corrected chi connectivity index (χ1v) is 25.8. The van der Waals surface area contributed by atoms with Crippen LogP contribution in [0.5, 0.6) is 0 Å². The first kappa shape index (κ1) is 40.4. The normalized spacial score (nSPS) is 15.0. The summed E-state index contributed by atoms with van der Waals surface area (Å²) in [5.41, 5.74) is 11.6. The minimum absolute atomic E-state index is 0. The zero-order chi connectivity index (χ0) is 36.3. The zero-order valence-electron chi connectivity index (χ0n) is 31.2. The quantitative estimate of drug-likeness (QED) is 0.150. The Morgan fingerprint density at radius 3 is 1.74 bits per heavy atom. The summed E-state index contributed by atoms with van der Waals surface area (Å²) in [4.78, 5) is 0. The second-order valence-corrected chi connectivity index (χ2v) is 29.3. The SMILES string of the molecule is Cl.Cl.[CH2]=[Zr]([C]1=CC(C(C)(C)C)=CC1CC)([c]1cccc(Cl)c1)([c]1cccc(Cl)c1)[c]1c(-c2ccccc2)ccc2c1Cc1cc(-c3ccccc3)ccc1-2. The molecule has 0 radical (unpaired) electrons. The van der Waals surface area contributed by atoms with E-state index in [1.54, 1.807) is 0 Å². The summed E-state index contributed by atoms with van der Waals surface area (Å²) in [6.07, 6.45) is 6.89. The van der Waals surface area contributed by atoms with Gasteiger partial charge in [0.2, 0.25) is 0 Å². The van der Waals surface area contributed by atoms with E-state index in [0.717, 1.165) is 22.9 Å². The standard InChI is InChI=1S/C25H17.C11H17.2C6H4Cl.CH2.2ClH.Zr/c1-3-7-18(8-4-1)20-11-13-24-22(15-20)17-23-16-21(12-14-25(23)24)19-9-5-2-6-10-19;1-5-9-6-7-10(8-9)11(2,3)4;2*7-6-4-2-1-3-5-6;;;;/h1-15H,17H2;7-9H,5H2,1-4H3;2*1-2,4-5H;1H2;2*1H;. The van der Waals surface area contributed by atoms with Crippen LogP contribution in [0.25, 0.3) is 33.4 Å². The van der Waals surface area contributed by atoms with E-state index in [0.29, 0.717) is 0 Å². The van der Waals surface area contributed by atoms with Gasteiger partial charge in [0.1, 0.15) is 0 Å². The fourth-order valence-electron chi connectivity index (χ4n) is 9.17. The zero-order valence-corrected chi connectivity index (χ0v) is 36.8. The Kier molecular flexibility index (Phi) is 11.5. The Hall–Kier alpha value is -3.29. The van der Waals surface area contributed by atoms with Crippen molar-refractivity contribution in [3.05, 3.63) is 182 Å². The van der Waals surface area contributed by atoms with E-state index in [2.05, 4.69) is 167 Å².